The first-order valence-electron chi connectivity index (χ1n) is 4.84. The third-order valence-corrected chi connectivity index (χ3v) is 2.98. The van der Waals surface area contributed by atoms with E-state index in [1.54, 1.807) is 25.2 Å². The van der Waals surface area contributed by atoms with E-state index in [0.29, 0.717) is 16.6 Å². The van der Waals surface area contributed by atoms with Crippen molar-refractivity contribution in [2.75, 3.05) is 7.05 Å². The molecule has 0 unspecified atom stereocenters. The highest BCUT2D eigenvalue weighted by molar-refractivity contribution is 6.42. The molecule has 0 saturated carbocycles. The van der Waals surface area contributed by atoms with Crippen molar-refractivity contribution in [3.05, 3.63) is 33.8 Å². The number of guanidine groups is 1. The van der Waals surface area contributed by atoms with Gasteiger partial charge in [-0.3, -0.25) is 4.84 Å². The molecule has 106 valence electrons. The van der Waals surface area contributed by atoms with E-state index in [1.807, 2.05) is 4.84 Å². The first-order chi connectivity index (χ1) is 8.43. The fourth-order valence-corrected chi connectivity index (χ4v) is 1.55. The fraction of sp³-hybridized carbons (Fsp3) is 0.200. The lowest BCUT2D eigenvalue weighted by molar-refractivity contribution is 0.217. The number of halogens is 3. The number of aliphatic imine (C=N–C) groups is 1. The van der Waals surface area contributed by atoms with Gasteiger partial charge in [0.25, 0.3) is 0 Å². The van der Waals surface area contributed by atoms with Crippen molar-refractivity contribution >= 4 is 47.0 Å². The van der Waals surface area contributed by atoms with Crippen molar-refractivity contribution in [1.29, 1.82) is 0 Å². The van der Waals surface area contributed by atoms with Crippen LogP contribution in [0.3, 0.4) is 0 Å². The van der Waals surface area contributed by atoms with Gasteiger partial charge in [-0.05, 0) is 17.7 Å². The molecule has 0 saturated heterocycles. The van der Waals surface area contributed by atoms with Gasteiger partial charge in [-0.2, -0.15) is 4.99 Å². The Hall–Kier alpha value is -1.21. The van der Waals surface area contributed by atoms with Crippen LogP contribution in [0, 0.1) is 0 Å². The Morgan fingerprint density at radius 3 is 2.58 bits per heavy atom. The zero-order valence-corrected chi connectivity index (χ0v) is 12.2. The second kappa shape index (κ2) is 8.06. The van der Waals surface area contributed by atoms with E-state index in [9.17, 15) is 4.79 Å². The van der Waals surface area contributed by atoms with Crippen LogP contribution in [-0.4, -0.2) is 29.4 Å². The number of amides is 2. The van der Waals surface area contributed by atoms with Gasteiger partial charge in [0, 0.05) is 25.4 Å². The normalized spacial score (nSPS) is 10.6. The van der Waals surface area contributed by atoms with E-state index < -0.39 is 6.03 Å². The number of carbonyl (C=O) groups excluding carboxylic acids is 1. The van der Waals surface area contributed by atoms with Crippen molar-refractivity contribution in [3.8, 4) is 0 Å². The number of benzene rings is 1. The average molecular weight is 328 g/mol. The van der Waals surface area contributed by atoms with Gasteiger partial charge in [0.2, 0.25) is 5.96 Å². The Morgan fingerprint density at radius 1 is 1.42 bits per heavy atom. The molecule has 2 amide bonds. The highest BCUT2D eigenvalue weighted by atomic mass is 35.5. The van der Waals surface area contributed by atoms with Gasteiger partial charge in [-0.15, -0.1) is 0 Å². The van der Waals surface area contributed by atoms with Gasteiger partial charge in [0.15, 0.2) is 0 Å². The van der Waals surface area contributed by atoms with Crippen molar-refractivity contribution in [2.24, 2.45) is 10.7 Å². The molecule has 0 radical (unpaired) electrons. The molecule has 0 aromatic heterocycles. The zero-order valence-electron chi connectivity index (χ0n) is 9.95. The second-order valence-corrected chi connectivity index (χ2v) is 4.48. The minimum atomic E-state index is -0.522. The third-order valence-electron chi connectivity index (χ3n) is 2.04. The summed E-state index contributed by atoms with van der Waals surface area (Å²) in [4.78, 5) is 18.5. The predicted octanol–water partition coefficient (Wildman–Crippen LogP) is 1.78. The summed E-state index contributed by atoms with van der Waals surface area (Å²) < 4.78 is 0. The molecule has 0 fully saturated rings. The largest absolute Gasteiger partial charge is 0.412 e. The maximum Gasteiger partial charge on any atom is 0.346 e. The molecule has 0 atom stereocenters. The van der Waals surface area contributed by atoms with Crippen LogP contribution in [-0.2, 0) is 6.54 Å². The van der Waals surface area contributed by atoms with E-state index >= 15 is 0 Å². The van der Waals surface area contributed by atoms with Crippen LogP contribution in [0.4, 0.5) is 4.79 Å². The molecule has 6 nitrogen and oxygen atoms in total. The Morgan fingerprint density at radius 2 is 2.05 bits per heavy atom. The molecule has 9 heteroatoms. The van der Waals surface area contributed by atoms with Crippen LogP contribution in [0.5, 0.6) is 0 Å². The molecule has 0 bridgehead atoms. The van der Waals surface area contributed by atoms with Gasteiger partial charge in [-0.25, -0.2) is 4.79 Å². The highest BCUT2D eigenvalue weighted by Gasteiger charge is 2.09. The molecular formula is C10H13Cl3N4O2. The molecule has 1 rings (SSSR count). The Kier molecular flexibility index (Phi) is 7.55. The molecule has 0 aliphatic carbocycles. The lowest BCUT2D eigenvalue weighted by atomic mass is 10.2. The minimum Gasteiger partial charge on any atom is -0.412 e. The van der Waals surface area contributed by atoms with Gasteiger partial charge in [-0.1, -0.05) is 29.3 Å². The quantitative estimate of drug-likeness (QED) is 0.491. The second-order valence-electron chi connectivity index (χ2n) is 3.48. The molecule has 5 N–H and O–H groups in total. The van der Waals surface area contributed by atoms with Gasteiger partial charge in [0.1, 0.15) is 0 Å². The number of carbonyl (C=O) groups is 1. The SMILES string of the molecule is CN(Cc1ccc(Cl)c(Cl)c1)C(=O)N=C(N)NCl.O. The topological polar surface area (TPSA) is 102 Å². The summed E-state index contributed by atoms with van der Waals surface area (Å²) in [7, 11) is 1.58. The molecular weight excluding hydrogens is 314 g/mol. The number of urea groups is 1. The monoisotopic (exact) mass is 326 g/mol. The summed E-state index contributed by atoms with van der Waals surface area (Å²) in [6, 6.07) is 4.59. The summed E-state index contributed by atoms with van der Waals surface area (Å²) in [6.07, 6.45) is 0. The molecule has 1 aromatic rings. The zero-order chi connectivity index (χ0) is 13.7. The summed E-state index contributed by atoms with van der Waals surface area (Å²) in [5, 5.41) is 0.892. The Labute approximate surface area is 125 Å². The van der Waals surface area contributed by atoms with Crippen LogP contribution in [0.2, 0.25) is 10.0 Å². The number of hydrogen-bond donors (Lipinski definition) is 2. The number of nitrogens with two attached hydrogens (primary N) is 1. The Balaban J connectivity index is 0.00000324. The first-order valence-corrected chi connectivity index (χ1v) is 5.97. The van der Waals surface area contributed by atoms with E-state index in [1.165, 1.54) is 4.90 Å². The van der Waals surface area contributed by atoms with Crippen LogP contribution < -0.4 is 10.6 Å². The third kappa shape index (κ3) is 5.52. The van der Waals surface area contributed by atoms with Crippen LogP contribution in [0.1, 0.15) is 5.56 Å². The maximum absolute atomic E-state index is 11.6. The lowest BCUT2D eigenvalue weighted by Gasteiger charge is -2.14. The fourth-order valence-electron chi connectivity index (χ4n) is 1.19. The maximum atomic E-state index is 11.6. The molecule has 0 spiro atoms. The van der Waals surface area contributed by atoms with Crippen molar-refractivity contribution in [2.45, 2.75) is 6.54 Å². The molecule has 0 heterocycles. The molecule has 0 aliphatic rings. The molecule has 19 heavy (non-hydrogen) atoms. The van der Waals surface area contributed by atoms with Gasteiger partial charge in [0.05, 0.1) is 10.0 Å². The van der Waals surface area contributed by atoms with Gasteiger partial charge < -0.3 is 16.1 Å². The van der Waals surface area contributed by atoms with Crippen molar-refractivity contribution < 1.29 is 10.3 Å². The van der Waals surface area contributed by atoms with Crippen molar-refractivity contribution in [1.82, 2.24) is 9.74 Å². The summed E-state index contributed by atoms with van der Waals surface area (Å²) in [5.74, 6) is -0.164. The number of rotatable bonds is 2. The molecule has 0 aliphatic heterocycles. The Bertz CT molecular complexity index is 482. The summed E-state index contributed by atoms with van der Waals surface area (Å²) in [6.45, 7) is 0.328. The van der Waals surface area contributed by atoms with Gasteiger partial charge >= 0.3 is 6.03 Å². The number of nitrogens with one attached hydrogen (secondary N) is 1. The smallest absolute Gasteiger partial charge is 0.346 e. The van der Waals surface area contributed by atoms with E-state index in [-0.39, 0.29) is 11.4 Å². The number of hydrogen-bond acceptors (Lipinski definition) is 1. The van der Waals surface area contributed by atoms with E-state index in [4.69, 9.17) is 40.7 Å². The van der Waals surface area contributed by atoms with Crippen LogP contribution >= 0.6 is 35.0 Å². The minimum absolute atomic E-state index is 0. The predicted molar refractivity (Wildman–Crippen MR) is 77.5 cm³/mol. The van der Waals surface area contributed by atoms with Crippen molar-refractivity contribution in [3.63, 3.8) is 0 Å². The summed E-state index contributed by atoms with van der Waals surface area (Å²) in [5.41, 5.74) is 6.10. The average Bonchev–Trinajstić information content (AvgIpc) is 2.33. The lowest BCUT2D eigenvalue weighted by Crippen LogP contribution is -2.30. The summed E-state index contributed by atoms with van der Waals surface area (Å²) >= 11 is 16.9. The van der Waals surface area contributed by atoms with Crippen LogP contribution in [0.25, 0.3) is 0 Å². The highest BCUT2D eigenvalue weighted by Crippen LogP contribution is 2.23. The van der Waals surface area contributed by atoms with Crippen LogP contribution in [0.15, 0.2) is 23.2 Å². The molecule has 1 aromatic carbocycles. The number of nitrogens with zero attached hydrogens (tertiary/aromatic N) is 2. The first kappa shape index (κ1) is 17.8. The standard InChI is InChI=1S/C10H11Cl3N4O.H2O/c1-17(10(18)15-9(14)16-13)5-6-2-3-7(11)8(12)4-6;/h2-4H,5H2,1H3,(H3,14,15,16,18);1H2. The van der Waals surface area contributed by atoms with E-state index in [0.717, 1.165) is 5.56 Å². The van der Waals surface area contributed by atoms with E-state index in [2.05, 4.69) is 4.99 Å².